The van der Waals surface area contributed by atoms with Crippen LogP contribution in [0.5, 0.6) is 5.75 Å². The Kier molecular flexibility index (Phi) is 3.34. The van der Waals surface area contributed by atoms with Gasteiger partial charge in [-0.05, 0) is 23.7 Å². The monoisotopic (exact) mass is 249 g/mol. The fourth-order valence-corrected chi connectivity index (χ4v) is 2.05. The summed E-state index contributed by atoms with van der Waals surface area (Å²) < 4.78 is 8.95. The predicted molar refractivity (Wildman–Crippen MR) is 65.3 cm³/mol. The van der Waals surface area contributed by atoms with E-state index < -0.39 is 0 Å². The largest absolute Gasteiger partial charge is 0.497 e. The highest BCUT2D eigenvalue weighted by Crippen LogP contribution is 2.26. The van der Waals surface area contributed by atoms with Gasteiger partial charge in [-0.1, -0.05) is 16.6 Å². The second-order valence-electron chi connectivity index (χ2n) is 3.26. The van der Waals surface area contributed by atoms with Crippen molar-refractivity contribution in [3.8, 4) is 17.0 Å². The smallest absolute Gasteiger partial charge is 0.265 e. The van der Waals surface area contributed by atoms with Crippen LogP contribution in [0.3, 0.4) is 0 Å². The lowest BCUT2D eigenvalue weighted by atomic mass is 10.1. The molecule has 1 amide bonds. The third-order valence-corrected chi connectivity index (χ3v) is 2.99. The summed E-state index contributed by atoms with van der Waals surface area (Å²) in [6, 6.07) is 7.37. The number of benzene rings is 1. The zero-order chi connectivity index (χ0) is 12.3. The number of nitrogens with one attached hydrogen (secondary N) is 1. The van der Waals surface area contributed by atoms with Crippen LogP contribution in [0.4, 0.5) is 0 Å². The first-order valence-electron chi connectivity index (χ1n) is 4.95. The number of hydrogen-bond donors (Lipinski definition) is 1. The number of methoxy groups -OCH3 is 1. The molecular formula is C11H11N3O2S. The standard InChI is InChI=1S/C11H11N3O2S/c1-12-11(15)10-9(13-14-17-10)7-4-3-5-8(6-7)16-2/h3-6H,1-2H3,(H,12,15). The van der Waals surface area contributed by atoms with Gasteiger partial charge in [0.2, 0.25) is 0 Å². The van der Waals surface area contributed by atoms with Crippen LogP contribution in [-0.2, 0) is 0 Å². The lowest BCUT2D eigenvalue weighted by Gasteiger charge is -2.03. The normalized spacial score (nSPS) is 10.0. The van der Waals surface area contributed by atoms with Crippen LogP contribution in [0.1, 0.15) is 9.67 Å². The number of carbonyl (C=O) groups is 1. The first-order chi connectivity index (χ1) is 8.26. The predicted octanol–water partition coefficient (Wildman–Crippen LogP) is 1.57. The Labute approximate surface area is 103 Å². The maximum Gasteiger partial charge on any atom is 0.265 e. The molecule has 0 aliphatic heterocycles. The van der Waals surface area contributed by atoms with Crippen LogP contribution in [0.15, 0.2) is 24.3 Å². The third-order valence-electron chi connectivity index (χ3n) is 2.26. The maximum atomic E-state index is 11.6. The summed E-state index contributed by atoms with van der Waals surface area (Å²) >= 11 is 1.08. The minimum Gasteiger partial charge on any atom is -0.497 e. The molecule has 17 heavy (non-hydrogen) atoms. The van der Waals surface area contributed by atoms with Gasteiger partial charge in [-0.2, -0.15) is 0 Å². The Bertz CT molecular complexity index is 539. The maximum absolute atomic E-state index is 11.6. The molecule has 5 nitrogen and oxygen atoms in total. The minimum atomic E-state index is -0.183. The zero-order valence-corrected chi connectivity index (χ0v) is 10.2. The molecule has 1 aromatic carbocycles. The first-order valence-corrected chi connectivity index (χ1v) is 5.72. The fraction of sp³-hybridized carbons (Fsp3) is 0.182. The Hall–Kier alpha value is -1.95. The van der Waals surface area contributed by atoms with Crippen molar-refractivity contribution in [3.05, 3.63) is 29.1 Å². The molecule has 0 atom stereocenters. The van der Waals surface area contributed by atoms with Crippen LogP contribution in [0.2, 0.25) is 0 Å². The van der Waals surface area contributed by atoms with Crippen molar-refractivity contribution in [1.29, 1.82) is 0 Å². The molecule has 1 heterocycles. The fourth-order valence-electron chi connectivity index (χ4n) is 1.41. The number of carbonyl (C=O) groups excluding carboxylic acids is 1. The summed E-state index contributed by atoms with van der Waals surface area (Å²) in [6.07, 6.45) is 0. The number of rotatable bonds is 3. The van der Waals surface area contributed by atoms with Gasteiger partial charge in [-0.3, -0.25) is 4.79 Å². The summed E-state index contributed by atoms with van der Waals surface area (Å²) in [5, 5.41) is 6.55. The molecule has 0 saturated heterocycles. The van der Waals surface area contributed by atoms with Crippen molar-refractivity contribution in [2.24, 2.45) is 0 Å². The molecule has 0 saturated carbocycles. The molecule has 2 aromatic rings. The van der Waals surface area contributed by atoms with E-state index >= 15 is 0 Å². The summed E-state index contributed by atoms with van der Waals surface area (Å²) in [6.45, 7) is 0. The number of aromatic nitrogens is 2. The van der Waals surface area contributed by atoms with Crippen LogP contribution in [0, 0.1) is 0 Å². The lowest BCUT2D eigenvalue weighted by Crippen LogP contribution is -2.17. The van der Waals surface area contributed by atoms with E-state index in [2.05, 4.69) is 14.9 Å². The minimum absolute atomic E-state index is 0.183. The van der Waals surface area contributed by atoms with Crippen molar-refractivity contribution < 1.29 is 9.53 Å². The van der Waals surface area contributed by atoms with E-state index in [0.717, 1.165) is 22.8 Å². The second-order valence-corrected chi connectivity index (χ2v) is 4.02. The topological polar surface area (TPSA) is 64.1 Å². The Balaban J connectivity index is 2.45. The van der Waals surface area contributed by atoms with Crippen LogP contribution in [-0.4, -0.2) is 29.7 Å². The molecule has 6 heteroatoms. The Morgan fingerprint density at radius 3 is 3.00 bits per heavy atom. The molecule has 0 bridgehead atoms. The highest BCUT2D eigenvalue weighted by atomic mass is 32.1. The van der Waals surface area contributed by atoms with E-state index in [1.54, 1.807) is 14.2 Å². The average molecular weight is 249 g/mol. The van der Waals surface area contributed by atoms with Gasteiger partial charge in [0, 0.05) is 12.6 Å². The highest BCUT2D eigenvalue weighted by Gasteiger charge is 2.16. The molecule has 0 aliphatic carbocycles. The molecule has 2 rings (SSSR count). The van der Waals surface area contributed by atoms with Crippen molar-refractivity contribution in [3.63, 3.8) is 0 Å². The average Bonchev–Trinajstić information content (AvgIpc) is 2.87. The number of nitrogens with zero attached hydrogens (tertiary/aromatic N) is 2. The van der Waals surface area contributed by atoms with Gasteiger partial charge in [0.05, 0.1) is 7.11 Å². The van der Waals surface area contributed by atoms with Gasteiger partial charge in [0.25, 0.3) is 5.91 Å². The summed E-state index contributed by atoms with van der Waals surface area (Å²) in [7, 11) is 3.18. The van der Waals surface area contributed by atoms with Crippen molar-refractivity contribution in [1.82, 2.24) is 14.9 Å². The van der Waals surface area contributed by atoms with Crippen LogP contribution < -0.4 is 10.1 Å². The van der Waals surface area contributed by atoms with Gasteiger partial charge in [-0.25, -0.2) is 0 Å². The molecular weight excluding hydrogens is 238 g/mol. The van der Waals surface area contributed by atoms with E-state index in [-0.39, 0.29) is 5.91 Å². The number of ether oxygens (including phenoxy) is 1. The van der Waals surface area contributed by atoms with Crippen LogP contribution in [0.25, 0.3) is 11.3 Å². The Morgan fingerprint density at radius 2 is 2.29 bits per heavy atom. The molecule has 0 fully saturated rings. The van der Waals surface area contributed by atoms with Crippen LogP contribution >= 0.6 is 11.5 Å². The van der Waals surface area contributed by atoms with Gasteiger partial charge >= 0.3 is 0 Å². The molecule has 0 spiro atoms. The molecule has 1 aromatic heterocycles. The summed E-state index contributed by atoms with van der Waals surface area (Å²) in [4.78, 5) is 12.1. The Morgan fingerprint density at radius 1 is 1.47 bits per heavy atom. The number of hydrogen-bond acceptors (Lipinski definition) is 5. The van der Waals surface area contributed by atoms with Gasteiger partial charge in [0.1, 0.15) is 16.3 Å². The van der Waals surface area contributed by atoms with Crippen molar-refractivity contribution in [2.75, 3.05) is 14.2 Å². The van der Waals surface area contributed by atoms with Gasteiger partial charge in [-0.15, -0.1) is 5.10 Å². The molecule has 0 unspecified atom stereocenters. The van der Waals surface area contributed by atoms with Crippen molar-refractivity contribution in [2.45, 2.75) is 0 Å². The van der Waals surface area contributed by atoms with E-state index in [1.165, 1.54) is 0 Å². The van der Waals surface area contributed by atoms with E-state index in [1.807, 2.05) is 24.3 Å². The highest BCUT2D eigenvalue weighted by molar-refractivity contribution is 7.08. The van der Waals surface area contributed by atoms with Crippen molar-refractivity contribution >= 4 is 17.4 Å². The van der Waals surface area contributed by atoms with Gasteiger partial charge in [0.15, 0.2) is 0 Å². The summed E-state index contributed by atoms with van der Waals surface area (Å²) in [5.41, 5.74) is 1.39. The quantitative estimate of drug-likeness (QED) is 0.896. The van der Waals surface area contributed by atoms with Gasteiger partial charge < -0.3 is 10.1 Å². The molecule has 0 aliphatic rings. The molecule has 0 radical (unpaired) electrons. The van der Waals surface area contributed by atoms with E-state index in [0.29, 0.717) is 10.6 Å². The SMILES string of the molecule is CNC(=O)c1snnc1-c1cccc(OC)c1. The molecule has 1 N–H and O–H groups in total. The lowest BCUT2D eigenvalue weighted by molar-refractivity contribution is 0.0967. The first kappa shape index (κ1) is 11.5. The second kappa shape index (κ2) is 4.92. The summed E-state index contributed by atoms with van der Waals surface area (Å²) in [5.74, 6) is 0.538. The third kappa shape index (κ3) is 2.26. The van der Waals surface area contributed by atoms with E-state index in [4.69, 9.17) is 4.74 Å². The van der Waals surface area contributed by atoms with E-state index in [9.17, 15) is 4.79 Å². The zero-order valence-electron chi connectivity index (χ0n) is 9.43. The molecule has 88 valence electrons. The number of amides is 1.